The van der Waals surface area contributed by atoms with Gasteiger partial charge in [-0.1, -0.05) is 44.2 Å². The van der Waals surface area contributed by atoms with Crippen molar-refractivity contribution in [1.29, 1.82) is 0 Å². The zero-order valence-corrected chi connectivity index (χ0v) is 12.4. The largest absolute Gasteiger partial charge is 0.326 e. The Labute approximate surface area is 112 Å². The monoisotopic (exact) mass is 248 g/mol. The average molecular weight is 248 g/mol. The van der Waals surface area contributed by atoms with Gasteiger partial charge in [-0.2, -0.15) is 0 Å². The first-order valence-electron chi connectivity index (χ1n) is 6.96. The maximum absolute atomic E-state index is 6.20. The molecular formula is C16H28N2. The zero-order chi connectivity index (χ0) is 13.7. The van der Waals surface area contributed by atoms with E-state index in [1.807, 2.05) is 0 Å². The number of nitrogens with two attached hydrogens (primary N) is 1. The summed E-state index contributed by atoms with van der Waals surface area (Å²) in [5.41, 5.74) is 7.51. The first-order valence-corrected chi connectivity index (χ1v) is 6.96. The van der Waals surface area contributed by atoms with Crippen molar-refractivity contribution in [3.63, 3.8) is 0 Å². The minimum atomic E-state index is 0.131. The highest BCUT2D eigenvalue weighted by Crippen LogP contribution is 2.25. The van der Waals surface area contributed by atoms with Gasteiger partial charge in [-0.05, 0) is 38.8 Å². The van der Waals surface area contributed by atoms with Crippen molar-refractivity contribution in [2.75, 3.05) is 7.05 Å². The van der Waals surface area contributed by atoms with E-state index in [9.17, 15) is 0 Å². The molecule has 0 heterocycles. The van der Waals surface area contributed by atoms with Gasteiger partial charge in [-0.15, -0.1) is 0 Å². The highest BCUT2D eigenvalue weighted by atomic mass is 15.2. The van der Waals surface area contributed by atoms with Crippen LogP contribution in [0.2, 0.25) is 0 Å². The third-order valence-corrected chi connectivity index (χ3v) is 3.59. The number of nitrogens with zero attached hydrogens (tertiary/aromatic N) is 1. The summed E-state index contributed by atoms with van der Waals surface area (Å²) in [7, 11) is 2.19. The average Bonchev–Trinajstić information content (AvgIpc) is 2.29. The first-order chi connectivity index (χ1) is 8.43. The summed E-state index contributed by atoms with van der Waals surface area (Å²) in [5, 5.41) is 0. The van der Waals surface area contributed by atoms with Crippen LogP contribution in [0.1, 0.15) is 45.7 Å². The molecule has 3 atom stereocenters. The summed E-state index contributed by atoms with van der Waals surface area (Å²) in [6, 6.07) is 11.5. The number of benzene rings is 1. The van der Waals surface area contributed by atoms with Crippen LogP contribution in [0.4, 0.5) is 0 Å². The van der Waals surface area contributed by atoms with Gasteiger partial charge in [-0.25, -0.2) is 0 Å². The van der Waals surface area contributed by atoms with E-state index in [0.717, 1.165) is 0 Å². The molecule has 2 N–H and O–H groups in total. The van der Waals surface area contributed by atoms with E-state index in [1.165, 1.54) is 12.0 Å². The molecule has 1 aromatic carbocycles. The second kappa shape index (κ2) is 6.91. The van der Waals surface area contributed by atoms with Crippen LogP contribution in [0.5, 0.6) is 0 Å². The minimum Gasteiger partial charge on any atom is -0.326 e. The fraction of sp³-hybridized carbons (Fsp3) is 0.625. The zero-order valence-electron chi connectivity index (χ0n) is 12.4. The van der Waals surface area contributed by atoms with Gasteiger partial charge in [0.05, 0.1) is 0 Å². The highest BCUT2D eigenvalue weighted by Gasteiger charge is 2.24. The lowest BCUT2D eigenvalue weighted by Gasteiger charge is -2.36. The molecule has 2 nitrogen and oxygen atoms in total. The molecule has 0 saturated carbocycles. The molecule has 0 radical (unpaired) electrons. The van der Waals surface area contributed by atoms with Crippen molar-refractivity contribution >= 4 is 0 Å². The van der Waals surface area contributed by atoms with Crippen LogP contribution in [0.15, 0.2) is 30.3 Å². The van der Waals surface area contributed by atoms with E-state index in [4.69, 9.17) is 5.73 Å². The van der Waals surface area contributed by atoms with Gasteiger partial charge in [0.25, 0.3) is 0 Å². The van der Waals surface area contributed by atoms with Gasteiger partial charge in [0, 0.05) is 18.1 Å². The molecule has 0 amide bonds. The van der Waals surface area contributed by atoms with Gasteiger partial charge < -0.3 is 5.73 Å². The third-order valence-electron chi connectivity index (χ3n) is 3.59. The van der Waals surface area contributed by atoms with Gasteiger partial charge in [0.15, 0.2) is 0 Å². The van der Waals surface area contributed by atoms with Crippen LogP contribution in [0, 0.1) is 5.92 Å². The lowest BCUT2D eigenvalue weighted by atomic mass is 9.96. The van der Waals surface area contributed by atoms with Crippen molar-refractivity contribution in [3.05, 3.63) is 35.9 Å². The van der Waals surface area contributed by atoms with E-state index in [1.54, 1.807) is 0 Å². The molecule has 0 aliphatic heterocycles. The van der Waals surface area contributed by atoms with Crippen molar-refractivity contribution < 1.29 is 0 Å². The van der Waals surface area contributed by atoms with Crippen LogP contribution in [-0.4, -0.2) is 24.0 Å². The molecule has 1 rings (SSSR count). The summed E-state index contributed by atoms with van der Waals surface area (Å²) in [4.78, 5) is 2.42. The number of hydrogen-bond acceptors (Lipinski definition) is 2. The molecular weight excluding hydrogens is 220 g/mol. The molecule has 2 heteroatoms. The number of hydrogen-bond donors (Lipinski definition) is 1. The van der Waals surface area contributed by atoms with Gasteiger partial charge in [0.2, 0.25) is 0 Å². The molecule has 0 aromatic heterocycles. The Hall–Kier alpha value is -0.860. The van der Waals surface area contributed by atoms with Crippen LogP contribution >= 0.6 is 0 Å². The number of rotatable bonds is 6. The van der Waals surface area contributed by atoms with E-state index < -0.39 is 0 Å². The molecule has 0 aliphatic rings. The molecule has 0 bridgehead atoms. The van der Waals surface area contributed by atoms with E-state index in [-0.39, 0.29) is 6.04 Å². The van der Waals surface area contributed by atoms with Crippen LogP contribution in [0.3, 0.4) is 0 Å². The molecule has 3 unspecified atom stereocenters. The summed E-state index contributed by atoms with van der Waals surface area (Å²) < 4.78 is 0. The Morgan fingerprint density at radius 2 is 1.61 bits per heavy atom. The number of likely N-dealkylation sites (N-methyl/N-ethyl adjacent to an activating group) is 1. The topological polar surface area (TPSA) is 29.3 Å². The van der Waals surface area contributed by atoms with Gasteiger partial charge in [0.1, 0.15) is 0 Å². The summed E-state index contributed by atoms with van der Waals surface area (Å²) in [6.07, 6.45) is 1.20. The maximum atomic E-state index is 6.20. The normalized spacial score (nSPS) is 16.9. The van der Waals surface area contributed by atoms with Crippen molar-refractivity contribution in [2.45, 2.75) is 52.2 Å². The first kappa shape index (κ1) is 15.2. The Bertz CT molecular complexity index is 332. The van der Waals surface area contributed by atoms with Crippen LogP contribution < -0.4 is 5.73 Å². The molecule has 0 saturated heterocycles. The van der Waals surface area contributed by atoms with Gasteiger partial charge in [-0.3, -0.25) is 4.90 Å². The van der Waals surface area contributed by atoms with Crippen LogP contribution in [-0.2, 0) is 0 Å². The predicted octanol–water partition coefficient (Wildman–Crippen LogP) is 3.44. The molecule has 18 heavy (non-hydrogen) atoms. The van der Waals surface area contributed by atoms with Crippen molar-refractivity contribution in [3.8, 4) is 0 Å². The molecule has 102 valence electrons. The second-order valence-corrected chi connectivity index (χ2v) is 5.86. The fourth-order valence-electron chi connectivity index (χ4n) is 2.68. The quantitative estimate of drug-likeness (QED) is 0.835. The minimum absolute atomic E-state index is 0.131. The van der Waals surface area contributed by atoms with E-state index in [2.05, 4.69) is 70.0 Å². The Morgan fingerprint density at radius 1 is 1.06 bits per heavy atom. The van der Waals surface area contributed by atoms with E-state index >= 15 is 0 Å². The van der Waals surface area contributed by atoms with Crippen molar-refractivity contribution in [1.82, 2.24) is 4.90 Å². The lowest BCUT2D eigenvalue weighted by Crippen LogP contribution is -2.42. The van der Waals surface area contributed by atoms with Gasteiger partial charge >= 0.3 is 0 Å². The Morgan fingerprint density at radius 3 is 2.06 bits per heavy atom. The fourth-order valence-corrected chi connectivity index (χ4v) is 2.68. The third kappa shape index (κ3) is 4.11. The van der Waals surface area contributed by atoms with Crippen LogP contribution in [0.25, 0.3) is 0 Å². The molecule has 0 fully saturated rings. The summed E-state index contributed by atoms with van der Waals surface area (Å²) in [6.45, 7) is 8.93. The maximum Gasteiger partial charge on any atom is 0.0496 e. The Kier molecular flexibility index (Phi) is 5.83. The summed E-state index contributed by atoms with van der Waals surface area (Å²) >= 11 is 0. The molecule has 0 spiro atoms. The Balaban J connectivity index is 2.86. The summed E-state index contributed by atoms with van der Waals surface area (Å²) in [5.74, 6) is 0.715. The van der Waals surface area contributed by atoms with E-state index in [0.29, 0.717) is 18.0 Å². The smallest absolute Gasteiger partial charge is 0.0496 e. The lowest BCUT2D eigenvalue weighted by molar-refractivity contribution is 0.148. The standard InChI is InChI=1S/C16H28N2/c1-12(2)11-13(3)18(5)16(14(4)17)15-9-7-6-8-10-15/h6-10,12-14,16H,11,17H2,1-5H3. The SMILES string of the molecule is CC(C)CC(C)N(C)C(c1ccccc1)C(C)N. The predicted molar refractivity (Wildman–Crippen MR) is 79.5 cm³/mol. The molecule has 0 aliphatic carbocycles. The van der Waals surface area contributed by atoms with Crippen molar-refractivity contribution in [2.24, 2.45) is 11.7 Å². The second-order valence-electron chi connectivity index (χ2n) is 5.86. The molecule has 1 aromatic rings. The highest BCUT2D eigenvalue weighted by molar-refractivity contribution is 5.20.